The summed E-state index contributed by atoms with van der Waals surface area (Å²) in [6.07, 6.45) is 3.27. The van der Waals surface area contributed by atoms with Crippen LogP contribution in [0.1, 0.15) is 34.2 Å². The zero-order valence-electron chi connectivity index (χ0n) is 16.2. The first kappa shape index (κ1) is 17.6. The molecular weight excluding hydrogens is 334 g/mol. The molecule has 27 heavy (non-hydrogen) atoms. The Morgan fingerprint density at radius 1 is 0.852 bits per heavy atom. The molecule has 0 bridgehead atoms. The Kier molecular flexibility index (Phi) is 4.85. The van der Waals surface area contributed by atoms with E-state index in [1.54, 1.807) is 7.11 Å². The van der Waals surface area contributed by atoms with Crippen molar-refractivity contribution in [3.8, 4) is 22.9 Å². The predicted octanol–water partition coefficient (Wildman–Crippen LogP) is 5.44. The molecule has 0 saturated carbocycles. The second-order valence-corrected chi connectivity index (χ2v) is 7.11. The molecule has 0 fully saturated rings. The summed E-state index contributed by atoms with van der Waals surface area (Å²) in [5.41, 5.74) is 8.67. The van der Waals surface area contributed by atoms with Gasteiger partial charge in [0.1, 0.15) is 6.61 Å². The van der Waals surface area contributed by atoms with Crippen molar-refractivity contribution in [1.29, 1.82) is 0 Å². The Morgan fingerprint density at radius 3 is 2.41 bits per heavy atom. The van der Waals surface area contributed by atoms with E-state index < -0.39 is 0 Å². The zero-order valence-corrected chi connectivity index (χ0v) is 16.2. The lowest BCUT2D eigenvalue weighted by molar-refractivity contribution is 0.283. The molecule has 0 aliphatic heterocycles. The average molecular weight is 359 g/mol. The lowest BCUT2D eigenvalue weighted by Crippen LogP contribution is -2.05. The normalized spacial score (nSPS) is 12.7. The number of benzene rings is 2. The minimum absolute atomic E-state index is 0.512. The fourth-order valence-corrected chi connectivity index (χ4v) is 4.00. The number of aromatic nitrogens is 1. The van der Waals surface area contributed by atoms with Gasteiger partial charge in [0.15, 0.2) is 0 Å². The molecule has 0 N–H and O–H groups in total. The molecule has 1 aliphatic carbocycles. The number of hydrogen-bond acceptors (Lipinski definition) is 3. The first-order valence-electron chi connectivity index (χ1n) is 9.52. The topological polar surface area (TPSA) is 31.4 Å². The highest BCUT2D eigenvalue weighted by Crippen LogP contribution is 2.36. The predicted molar refractivity (Wildman–Crippen MR) is 108 cm³/mol. The molecule has 0 amide bonds. The first-order chi connectivity index (χ1) is 13.2. The number of nitrogens with zero attached hydrogens (tertiary/aromatic N) is 1. The van der Waals surface area contributed by atoms with Crippen LogP contribution in [-0.4, -0.2) is 12.1 Å². The molecule has 1 heterocycles. The molecule has 3 heteroatoms. The van der Waals surface area contributed by atoms with E-state index >= 15 is 0 Å². The van der Waals surface area contributed by atoms with Crippen molar-refractivity contribution in [3.05, 3.63) is 76.3 Å². The van der Waals surface area contributed by atoms with Crippen LogP contribution in [0.25, 0.3) is 11.1 Å². The number of methoxy groups -OCH3 is 1. The minimum atomic E-state index is 0.512. The van der Waals surface area contributed by atoms with E-state index in [9.17, 15) is 0 Å². The number of rotatable bonds is 5. The van der Waals surface area contributed by atoms with E-state index in [0.717, 1.165) is 30.7 Å². The third-order valence-electron chi connectivity index (χ3n) is 5.54. The van der Waals surface area contributed by atoms with Crippen molar-refractivity contribution in [3.63, 3.8) is 0 Å². The maximum absolute atomic E-state index is 6.21. The van der Waals surface area contributed by atoms with Crippen molar-refractivity contribution in [2.75, 3.05) is 7.11 Å². The van der Waals surface area contributed by atoms with Crippen molar-refractivity contribution in [2.24, 2.45) is 0 Å². The van der Waals surface area contributed by atoms with Crippen molar-refractivity contribution >= 4 is 0 Å². The molecule has 138 valence electrons. The van der Waals surface area contributed by atoms with Crippen LogP contribution in [-0.2, 0) is 19.4 Å². The van der Waals surface area contributed by atoms with Gasteiger partial charge in [-0.05, 0) is 60.9 Å². The largest absolute Gasteiger partial charge is 0.481 e. The van der Waals surface area contributed by atoms with Crippen LogP contribution < -0.4 is 9.47 Å². The molecular formula is C24H25NO2. The van der Waals surface area contributed by atoms with E-state index in [4.69, 9.17) is 9.47 Å². The van der Waals surface area contributed by atoms with Crippen molar-refractivity contribution in [2.45, 2.75) is 39.7 Å². The second-order valence-electron chi connectivity index (χ2n) is 7.11. The highest BCUT2D eigenvalue weighted by molar-refractivity contribution is 5.68. The van der Waals surface area contributed by atoms with E-state index in [1.165, 1.54) is 33.4 Å². The van der Waals surface area contributed by atoms with Gasteiger partial charge in [0.25, 0.3) is 0 Å². The van der Waals surface area contributed by atoms with Gasteiger partial charge in [0, 0.05) is 11.1 Å². The zero-order chi connectivity index (χ0) is 18.8. The van der Waals surface area contributed by atoms with E-state index in [2.05, 4.69) is 61.3 Å². The quantitative estimate of drug-likeness (QED) is 0.608. The van der Waals surface area contributed by atoms with Gasteiger partial charge in [-0.25, -0.2) is 0 Å². The lowest BCUT2D eigenvalue weighted by Gasteiger charge is -2.16. The van der Waals surface area contributed by atoms with Gasteiger partial charge in [-0.2, -0.15) is 4.98 Å². The molecule has 0 unspecified atom stereocenters. The van der Waals surface area contributed by atoms with Crippen molar-refractivity contribution in [1.82, 2.24) is 4.98 Å². The molecule has 3 nitrogen and oxygen atoms in total. The molecule has 0 radical (unpaired) electrons. The highest BCUT2D eigenvalue weighted by atomic mass is 16.5. The molecule has 0 atom stereocenters. The van der Waals surface area contributed by atoms with Gasteiger partial charge in [-0.15, -0.1) is 0 Å². The SMILES string of the molecule is COc1nc(OCc2cccc(-c3ccccc3)c2C)c2c(c1C)CCC2. The number of fused-ring (bicyclic) bond motifs is 1. The Bertz CT molecular complexity index is 964. The summed E-state index contributed by atoms with van der Waals surface area (Å²) in [6.45, 7) is 4.76. The molecule has 1 aromatic heterocycles. The smallest absolute Gasteiger partial charge is 0.220 e. The molecule has 1 aliphatic rings. The molecule has 0 spiro atoms. The fraction of sp³-hybridized carbons (Fsp3) is 0.292. The van der Waals surface area contributed by atoms with E-state index in [-0.39, 0.29) is 0 Å². The Balaban J connectivity index is 1.63. The Morgan fingerprint density at radius 2 is 1.63 bits per heavy atom. The summed E-state index contributed by atoms with van der Waals surface area (Å²) in [6, 6.07) is 16.9. The van der Waals surface area contributed by atoms with Crippen LogP contribution >= 0.6 is 0 Å². The summed E-state index contributed by atoms with van der Waals surface area (Å²) in [7, 11) is 1.67. The lowest BCUT2D eigenvalue weighted by atomic mass is 9.97. The average Bonchev–Trinajstić information content (AvgIpc) is 3.20. The van der Waals surface area contributed by atoms with E-state index in [1.807, 2.05) is 6.07 Å². The van der Waals surface area contributed by atoms with Crippen LogP contribution in [0.3, 0.4) is 0 Å². The summed E-state index contributed by atoms with van der Waals surface area (Å²) in [4.78, 5) is 4.64. The monoisotopic (exact) mass is 359 g/mol. The maximum atomic E-state index is 6.21. The number of pyridine rings is 1. The summed E-state index contributed by atoms with van der Waals surface area (Å²) < 4.78 is 11.7. The van der Waals surface area contributed by atoms with Gasteiger partial charge in [0.2, 0.25) is 11.8 Å². The molecule has 0 saturated heterocycles. The van der Waals surface area contributed by atoms with Crippen LogP contribution in [0, 0.1) is 13.8 Å². The van der Waals surface area contributed by atoms with Gasteiger partial charge >= 0.3 is 0 Å². The number of ether oxygens (including phenoxy) is 2. The minimum Gasteiger partial charge on any atom is -0.481 e. The van der Waals surface area contributed by atoms with Gasteiger partial charge in [0.05, 0.1) is 7.11 Å². The first-order valence-corrected chi connectivity index (χ1v) is 9.52. The molecule has 3 aromatic rings. The van der Waals surface area contributed by atoms with Crippen LogP contribution in [0.15, 0.2) is 48.5 Å². The van der Waals surface area contributed by atoms with Crippen LogP contribution in [0.4, 0.5) is 0 Å². The third-order valence-corrected chi connectivity index (χ3v) is 5.54. The highest BCUT2D eigenvalue weighted by Gasteiger charge is 2.23. The van der Waals surface area contributed by atoms with E-state index in [0.29, 0.717) is 12.5 Å². The fourth-order valence-electron chi connectivity index (χ4n) is 4.00. The summed E-state index contributed by atoms with van der Waals surface area (Å²) >= 11 is 0. The molecule has 2 aromatic carbocycles. The Labute approximate surface area is 161 Å². The second kappa shape index (κ2) is 7.43. The van der Waals surface area contributed by atoms with Gasteiger partial charge in [-0.1, -0.05) is 48.5 Å². The van der Waals surface area contributed by atoms with Gasteiger partial charge < -0.3 is 9.47 Å². The summed E-state index contributed by atoms with van der Waals surface area (Å²) in [5, 5.41) is 0. The van der Waals surface area contributed by atoms with Crippen molar-refractivity contribution < 1.29 is 9.47 Å². The van der Waals surface area contributed by atoms with Crippen LogP contribution in [0.2, 0.25) is 0 Å². The maximum Gasteiger partial charge on any atom is 0.220 e. The molecule has 4 rings (SSSR count). The standard InChI is InChI=1S/C24H25NO2/c1-16-19(11-7-12-20(16)18-9-5-4-6-10-18)15-27-24-22-14-8-13-21(22)17(2)23(25-24)26-3/h4-7,9-12H,8,13-15H2,1-3H3. The van der Waals surface area contributed by atoms with Crippen LogP contribution in [0.5, 0.6) is 11.8 Å². The van der Waals surface area contributed by atoms with Gasteiger partial charge in [-0.3, -0.25) is 0 Å². The summed E-state index contributed by atoms with van der Waals surface area (Å²) in [5.74, 6) is 1.41. The third kappa shape index (κ3) is 3.30. The number of hydrogen-bond donors (Lipinski definition) is 0. The Hall–Kier alpha value is -2.81.